The number of aryl methyl sites for hydroxylation is 1. The normalized spacial score (nSPS) is 17.6. The SMILES string of the molecule is Cc1cc(N)cc(S(=O)(=O)N(C)C2CCOCC2)c1F. The average molecular weight is 302 g/mol. The topological polar surface area (TPSA) is 72.6 Å². The van der Waals surface area contributed by atoms with Crippen molar-refractivity contribution in [3.8, 4) is 0 Å². The van der Waals surface area contributed by atoms with Crippen molar-refractivity contribution in [1.29, 1.82) is 0 Å². The van der Waals surface area contributed by atoms with E-state index in [1.54, 1.807) is 0 Å². The number of nitrogen functional groups attached to an aromatic ring is 1. The van der Waals surface area contributed by atoms with Crippen LogP contribution in [0.5, 0.6) is 0 Å². The first-order valence-corrected chi connectivity index (χ1v) is 7.89. The zero-order valence-electron chi connectivity index (χ0n) is 11.6. The van der Waals surface area contributed by atoms with Crippen molar-refractivity contribution in [2.45, 2.75) is 30.7 Å². The van der Waals surface area contributed by atoms with Crippen molar-refractivity contribution >= 4 is 15.7 Å². The van der Waals surface area contributed by atoms with Gasteiger partial charge in [-0.1, -0.05) is 0 Å². The minimum atomic E-state index is -3.89. The zero-order valence-corrected chi connectivity index (χ0v) is 12.4. The fraction of sp³-hybridized carbons (Fsp3) is 0.538. The first-order chi connectivity index (χ1) is 9.34. The molecular formula is C13H19FN2O3S. The summed E-state index contributed by atoms with van der Waals surface area (Å²) in [6.45, 7) is 2.53. The maximum absolute atomic E-state index is 14.1. The van der Waals surface area contributed by atoms with Gasteiger partial charge in [-0.05, 0) is 37.5 Å². The molecule has 0 aliphatic carbocycles. The third kappa shape index (κ3) is 2.79. The van der Waals surface area contributed by atoms with E-state index in [0.29, 0.717) is 26.1 Å². The Morgan fingerprint density at radius 2 is 1.95 bits per heavy atom. The van der Waals surface area contributed by atoms with Gasteiger partial charge in [-0.25, -0.2) is 12.8 Å². The summed E-state index contributed by atoms with van der Waals surface area (Å²) in [5.74, 6) is -0.738. The van der Waals surface area contributed by atoms with E-state index in [-0.39, 0.29) is 22.2 Å². The van der Waals surface area contributed by atoms with E-state index in [9.17, 15) is 12.8 Å². The van der Waals surface area contributed by atoms with E-state index in [4.69, 9.17) is 10.5 Å². The highest BCUT2D eigenvalue weighted by molar-refractivity contribution is 7.89. The molecule has 0 unspecified atom stereocenters. The maximum atomic E-state index is 14.1. The Bertz CT molecular complexity index is 598. The molecule has 1 aromatic rings. The fourth-order valence-electron chi connectivity index (χ4n) is 2.35. The number of rotatable bonds is 3. The number of hydrogen-bond acceptors (Lipinski definition) is 4. The molecule has 5 nitrogen and oxygen atoms in total. The summed E-state index contributed by atoms with van der Waals surface area (Å²) < 4.78 is 45.7. The van der Waals surface area contributed by atoms with Crippen LogP contribution in [0.25, 0.3) is 0 Å². The average Bonchev–Trinajstić information content (AvgIpc) is 2.42. The fourth-order valence-corrected chi connectivity index (χ4v) is 3.94. The second kappa shape index (κ2) is 5.67. The van der Waals surface area contributed by atoms with Gasteiger partial charge in [-0.15, -0.1) is 0 Å². The standard InChI is InChI=1S/C13H19FN2O3S/c1-9-7-10(15)8-12(13(9)14)20(17,18)16(2)11-3-5-19-6-4-11/h7-8,11H,3-6,15H2,1-2H3. The Kier molecular flexibility index (Phi) is 4.31. The molecule has 1 saturated heterocycles. The van der Waals surface area contributed by atoms with Gasteiger partial charge in [0.2, 0.25) is 10.0 Å². The lowest BCUT2D eigenvalue weighted by Gasteiger charge is -2.30. The van der Waals surface area contributed by atoms with Crippen molar-refractivity contribution in [2.75, 3.05) is 26.0 Å². The van der Waals surface area contributed by atoms with Gasteiger partial charge in [0.15, 0.2) is 0 Å². The minimum absolute atomic E-state index is 0.171. The molecule has 1 heterocycles. The molecule has 1 aliphatic heterocycles. The molecule has 112 valence electrons. The molecule has 2 rings (SSSR count). The summed E-state index contributed by atoms with van der Waals surface area (Å²) in [4.78, 5) is -0.357. The Balaban J connectivity index is 2.39. The summed E-state index contributed by atoms with van der Waals surface area (Å²) in [6.07, 6.45) is 1.22. The summed E-state index contributed by atoms with van der Waals surface area (Å²) >= 11 is 0. The van der Waals surface area contributed by atoms with Crippen molar-refractivity contribution < 1.29 is 17.5 Å². The second-order valence-corrected chi connectivity index (χ2v) is 6.98. The number of nitrogens with zero attached hydrogens (tertiary/aromatic N) is 1. The van der Waals surface area contributed by atoms with E-state index < -0.39 is 15.8 Å². The van der Waals surface area contributed by atoms with Crippen LogP contribution in [0.4, 0.5) is 10.1 Å². The number of ether oxygens (including phenoxy) is 1. The van der Waals surface area contributed by atoms with E-state index in [1.165, 1.54) is 30.4 Å². The molecule has 0 spiro atoms. The molecule has 2 N–H and O–H groups in total. The second-order valence-electron chi connectivity index (χ2n) is 5.01. The first kappa shape index (κ1) is 15.2. The van der Waals surface area contributed by atoms with E-state index in [1.807, 2.05) is 0 Å². The number of halogens is 1. The van der Waals surface area contributed by atoms with Gasteiger partial charge in [0.25, 0.3) is 0 Å². The van der Waals surface area contributed by atoms with Gasteiger partial charge in [-0.3, -0.25) is 0 Å². The number of anilines is 1. The van der Waals surface area contributed by atoms with Crippen LogP contribution in [0.2, 0.25) is 0 Å². The van der Waals surface area contributed by atoms with E-state index >= 15 is 0 Å². The molecule has 0 saturated carbocycles. The smallest absolute Gasteiger partial charge is 0.246 e. The highest BCUT2D eigenvalue weighted by Gasteiger charge is 2.32. The molecular weight excluding hydrogens is 283 g/mol. The van der Waals surface area contributed by atoms with Crippen LogP contribution >= 0.6 is 0 Å². The summed E-state index contributed by atoms with van der Waals surface area (Å²) in [5, 5.41) is 0. The Labute approximate surface area is 118 Å². The van der Waals surface area contributed by atoms with Gasteiger partial charge in [0.1, 0.15) is 10.7 Å². The van der Waals surface area contributed by atoms with Crippen molar-refractivity contribution in [1.82, 2.24) is 4.31 Å². The highest BCUT2D eigenvalue weighted by atomic mass is 32.2. The summed E-state index contributed by atoms with van der Waals surface area (Å²) in [7, 11) is -2.42. The van der Waals surface area contributed by atoms with Crippen LogP contribution in [0.15, 0.2) is 17.0 Å². The first-order valence-electron chi connectivity index (χ1n) is 6.45. The summed E-state index contributed by atoms with van der Waals surface area (Å²) in [6, 6.07) is 2.42. The van der Waals surface area contributed by atoms with Crippen LogP contribution in [0, 0.1) is 12.7 Å². The van der Waals surface area contributed by atoms with E-state index in [0.717, 1.165) is 0 Å². The van der Waals surface area contributed by atoms with Crippen LogP contribution in [0.1, 0.15) is 18.4 Å². The third-order valence-electron chi connectivity index (χ3n) is 3.61. The zero-order chi connectivity index (χ0) is 14.9. The predicted molar refractivity (Wildman–Crippen MR) is 74.3 cm³/mol. The number of nitrogens with two attached hydrogens (primary N) is 1. The molecule has 20 heavy (non-hydrogen) atoms. The molecule has 0 bridgehead atoms. The van der Waals surface area contributed by atoms with E-state index in [2.05, 4.69) is 0 Å². The molecule has 0 aromatic heterocycles. The lowest BCUT2D eigenvalue weighted by atomic mass is 10.1. The maximum Gasteiger partial charge on any atom is 0.246 e. The third-order valence-corrected chi connectivity index (χ3v) is 5.51. The van der Waals surface area contributed by atoms with Crippen molar-refractivity contribution in [3.05, 3.63) is 23.5 Å². The number of benzene rings is 1. The quantitative estimate of drug-likeness (QED) is 0.859. The van der Waals surface area contributed by atoms with Gasteiger partial charge in [-0.2, -0.15) is 4.31 Å². The van der Waals surface area contributed by atoms with Crippen LogP contribution in [-0.2, 0) is 14.8 Å². The van der Waals surface area contributed by atoms with Gasteiger partial charge >= 0.3 is 0 Å². The Morgan fingerprint density at radius 3 is 2.55 bits per heavy atom. The van der Waals surface area contributed by atoms with Crippen LogP contribution in [0.3, 0.4) is 0 Å². The predicted octanol–water partition coefficient (Wildman–Crippen LogP) is 1.52. The molecule has 1 fully saturated rings. The largest absolute Gasteiger partial charge is 0.399 e. The van der Waals surface area contributed by atoms with Crippen molar-refractivity contribution in [2.24, 2.45) is 0 Å². The monoisotopic (exact) mass is 302 g/mol. The number of hydrogen-bond donors (Lipinski definition) is 1. The minimum Gasteiger partial charge on any atom is -0.399 e. The lowest BCUT2D eigenvalue weighted by Crippen LogP contribution is -2.40. The van der Waals surface area contributed by atoms with Gasteiger partial charge in [0, 0.05) is 32.0 Å². The van der Waals surface area contributed by atoms with Gasteiger partial charge in [0.05, 0.1) is 0 Å². The lowest BCUT2D eigenvalue weighted by molar-refractivity contribution is 0.0631. The molecule has 7 heteroatoms. The Morgan fingerprint density at radius 1 is 1.35 bits per heavy atom. The molecule has 1 aromatic carbocycles. The van der Waals surface area contributed by atoms with Crippen LogP contribution in [-0.4, -0.2) is 39.0 Å². The number of sulfonamides is 1. The molecule has 0 amide bonds. The highest BCUT2D eigenvalue weighted by Crippen LogP contribution is 2.27. The van der Waals surface area contributed by atoms with Gasteiger partial charge < -0.3 is 10.5 Å². The molecule has 0 radical (unpaired) electrons. The van der Waals surface area contributed by atoms with Crippen LogP contribution < -0.4 is 5.73 Å². The molecule has 1 aliphatic rings. The summed E-state index contributed by atoms with van der Waals surface area (Å²) in [5.41, 5.74) is 6.10. The molecule has 0 atom stereocenters. The van der Waals surface area contributed by atoms with Crippen molar-refractivity contribution in [3.63, 3.8) is 0 Å². The Hall–Kier alpha value is -1.18.